The largest absolute Gasteiger partial charge is 0.456 e. The van der Waals surface area contributed by atoms with Crippen LogP contribution in [0.5, 0.6) is 0 Å². The normalized spacial score (nSPS) is 24.4. The van der Waals surface area contributed by atoms with Gasteiger partial charge in [0.2, 0.25) is 0 Å². The van der Waals surface area contributed by atoms with Crippen molar-refractivity contribution in [3.63, 3.8) is 0 Å². The minimum Gasteiger partial charge on any atom is -0.456 e. The van der Waals surface area contributed by atoms with Crippen molar-refractivity contribution < 1.29 is 28.5 Å². The molecule has 6 heteroatoms. The molecule has 2 heterocycles. The van der Waals surface area contributed by atoms with Gasteiger partial charge in [0.05, 0.1) is 13.2 Å². The van der Waals surface area contributed by atoms with Gasteiger partial charge in [-0.1, -0.05) is 26.7 Å². The van der Waals surface area contributed by atoms with Crippen molar-refractivity contribution >= 4 is 11.9 Å². The van der Waals surface area contributed by atoms with Crippen molar-refractivity contribution in [1.29, 1.82) is 0 Å². The Labute approximate surface area is 143 Å². The number of epoxide rings is 2. The van der Waals surface area contributed by atoms with Crippen molar-refractivity contribution in [3.8, 4) is 0 Å². The van der Waals surface area contributed by atoms with Crippen LogP contribution in [0.3, 0.4) is 0 Å². The zero-order valence-corrected chi connectivity index (χ0v) is 14.6. The summed E-state index contributed by atoms with van der Waals surface area (Å²) in [7, 11) is 0. The van der Waals surface area contributed by atoms with E-state index in [9.17, 15) is 9.59 Å². The highest BCUT2D eigenvalue weighted by atomic mass is 16.6. The maximum absolute atomic E-state index is 11.9. The summed E-state index contributed by atoms with van der Waals surface area (Å²) in [5.74, 6) is -1.06. The van der Waals surface area contributed by atoms with Crippen LogP contribution in [-0.4, -0.2) is 49.6 Å². The van der Waals surface area contributed by atoms with E-state index in [1.54, 1.807) is 0 Å². The smallest absolute Gasteiger partial charge is 0.331 e. The van der Waals surface area contributed by atoms with Crippen LogP contribution < -0.4 is 0 Å². The van der Waals surface area contributed by atoms with Crippen LogP contribution in [0, 0.1) is 0 Å². The summed E-state index contributed by atoms with van der Waals surface area (Å²) in [6, 6.07) is 0. The predicted octanol–water partition coefficient (Wildman–Crippen LogP) is 2.54. The number of hydrogen-bond donors (Lipinski definition) is 0. The Morgan fingerprint density at radius 1 is 0.917 bits per heavy atom. The fourth-order valence-corrected chi connectivity index (χ4v) is 2.51. The number of rotatable bonds is 12. The standard InChI is InChI=1S/C18H28O6/c1-3-5-7-13(15-11-21-15)23-17(19)9-10-18(20)24-14(8-6-4-2)16-12-22-16/h9-10,13-16H,3-8,11-12H2,1-2H3/b10-9+. The topological polar surface area (TPSA) is 77.7 Å². The first kappa shape index (κ1) is 18.9. The molecule has 6 nitrogen and oxygen atoms in total. The first-order chi connectivity index (χ1) is 11.6. The lowest BCUT2D eigenvalue weighted by Crippen LogP contribution is -2.24. The average molecular weight is 340 g/mol. The summed E-state index contributed by atoms with van der Waals surface area (Å²) >= 11 is 0. The average Bonchev–Trinajstić information content (AvgIpc) is 3.45. The molecule has 0 amide bonds. The summed E-state index contributed by atoms with van der Waals surface area (Å²) in [4.78, 5) is 23.7. The number of carbonyl (C=O) groups is 2. The molecule has 0 radical (unpaired) electrons. The third kappa shape index (κ3) is 7.01. The quantitative estimate of drug-likeness (QED) is 0.309. The molecule has 0 bridgehead atoms. The Balaban J connectivity index is 1.73. The minimum atomic E-state index is -0.531. The zero-order valence-electron chi connectivity index (χ0n) is 14.6. The molecule has 4 unspecified atom stereocenters. The van der Waals surface area contributed by atoms with Gasteiger partial charge in [-0.05, 0) is 25.7 Å². The highest BCUT2D eigenvalue weighted by Gasteiger charge is 2.36. The van der Waals surface area contributed by atoms with Crippen molar-refractivity contribution in [2.45, 2.75) is 76.8 Å². The highest BCUT2D eigenvalue weighted by Crippen LogP contribution is 2.23. The molecule has 0 N–H and O–H groups in total. The van der Waals surface area contributed by atoms with Gasteiger partial charge >= 0.3 is 11.9 Å². The third-order valence-electron chi connectivity index (χ3n) is 4.12. The monoisotopic (exact) mass is 340 g/mol. The van der Waals surface area contributed by atoms with Gasteiger partial charge in [0.25, 0.3) is 0 Å². The van der Waals surface area contributed by atoms with E-state index in [1.807, 2.05) is 0 Å². The molecule has 0 aliphatic carbocycles. The third-order valence-corrected chi connectivity index (χ3v) is 4.12. The summed E-state index contributed by atoms with van der Waals surface area (Å²) < 4.78 is 21.2. The number of hydrogen-bond acceptors (Lipinski definition) is 6. The number of esters is 2. The van der Waals surface area contributed by atoms with Crippen LogP contribution in [0.2, 0.25) is 0 Å². The van der Waals surface area contributed by atoms with E-state index in [0.29, 0.717) is 13.2 Å². The second-order valence-corrected chi connectivity index (χ2v) is 6.31. The molecule has 2 aliphatic rings. The van der Waals surface area contributed by atoms with Gasteiger partial charge in [0, 0.05) is 12.2 Å². The maximum Gasteiger partial charge on any atom is 0.331 e. The van der Waals surface area contributed by atoms with Gasteiger partial charge in [-0.3, -0.25) is 0 Å². The molecule has 136 valence electrons. The van der Waals surface area contributed by atoms with Crippen LogP contribution in [-0.2, 0) is 28.5 Å². The molecular formula is C18H28O6. The molecule has 2 aliphatic heterocycles. The van der Waals surface area contributed by atoms with Gasteiger partial charge in [-0.15, -0.1) is 0 Å². The van der Waals surface area contributed by atoms with Crippen LogP contribution in [0.25, 0.3) is 0 Å². The second kappa shape index (κ2) is 9.79. The van der Waals surface area contributed by atoms with E-state index in [2.05, 4.69) is 13.8 Å². The Morgan fingerprint density at radius 3 is 1.58 bits per heavy atom. The lowest BCUT2D eigenvalue weighted by Gasteiger charge is -2.15. The van der Waals surface area contributed by atoms with Crippen molar-refractivity contribution in [1.82, 2.24) is 0 Å². The molecule has 0 spiro atoms. The SMILES string of the molecule is CCCCC(OC(=O)/C=C/C(=O)OC(CCCC)C1CO1)C1CO1. The van der Waals surface area contributed by atoms with Crippen LogP contribution in [0.4, 0.5) is 0 Å². The molecule has 0 saturated carbocycles. The molecular weight excluding hydrogens is 312 g/mol. The Morgan fingerprint density at radius 2 is 1.29 bits per heavy atom. The molecule has 2 rings (SSSR count). The number of ether oxygens (including phenoxy) is 4. The number of carbonyl (C=O) groups excluding carboxylic acids is 2. The van der Waals surface area contributed by atoms with E-state index in [0.717, 1.165) is 50.7 Å². The molecule has 0 aromatic heterocycles. The van der Waals surface area contributed by atoms with Gasteiger partial charge in [-0.2, -0.15) is 0 Å². The first-order valence-corrected chi connectivity index (χ1v) is 8.96. The van der Waals surface area contributed by atoms with Gasteiger partial charge in [-0.25, -0.2) is 9.59 Å². The van der Waals surface area contributed by atoms with E-state index < -0.39 is 11.9 Å². The van der Waals surface area contributed by atoms with Crippen molar-refractivity contribution in [2.24, 2.45) is 0 Å². The minimum absolute atomic E-state index is 0.00583. The van der Waals surface area contributed by atoms with E-state index in [-0.39, 0.29) is 24.4 Å². The zero-order chi connectivity index (χ0) is 17.4. The molecule has 2 saturated heterocycles. The van der Waals surface area contributed by atoms with Gasteiger partial charge < -0.3 is 18.9 Å². The first-order valence-electron chi connectivity index (χ1n) is 8.96. The molecule has 24 heavy (non-hydrogen) atoms. The Bertz CT molecular complexity index is 399. The summed E-state index contributed by atoms with van der Waals surface area (Å²) in [5, 5.41) is 0. The highest BCUT2D eigenvalue weighted by molar-refractivity contribution is 5.91. The van der Waals surface area contributed by atoms with E-state index >= 15 is 0 Å². The Kier molecular flexibility index (Phi) is 7.72. The molecule has 2 fully saturated rings. The summed E-state index contributed by atoms with van der Waals surface area (Å²) in [6.45, 7) is 5.43. The van der Waals surface area contributed by atoms with Gasteiger partial charge in [0.15, 0.2) is 0 Å². The maximum atomic E-state index is 11.9. The Hall–Kier alpha value is -1.40. The van der Waals surface area contributed by atoms with E-state index in [4.69, 9.17) is 18.9 Å². The van der Waals surface area contributed by atoms with Crippen molar-refractivity contribution in [3.05, 3.63) is 12.2 Å². The van der Waals surface area contributed by atoms with E-state index in [1.165, 1.54) is 0 Å². The second-order valence-electron chi connectivity index (χ2n) is 6.31. The van der Waals surface area contributed by atoms with Crippen LogP contribution in [0.15, 0.2) is 12.2 Å². The predicted molar refractivity (Wildman–Crippen MR) is 87.4 cm³/mol. The van der Waals surface area contributed by atoms with Crippen LogP contribution >= 0.6 is 0 Å². The lowest BCUT2D eigenvalue weighted by molar-refractivity contribution is -0.147. The number of unbranched alkanes of at least 4 members (excludes halogenated alkanes) is 2. The molecule has 0 aromatic carbocycles. The lowest BCUT2D eigenvalue weighted by atomic mass is 10.1. The van der Waals surface area contributed by atoms with Gasteiger partial charge in [0.1, 0.15) is 24.4 Å². The fraction of sp³-hybridized carbons (Fsp3) is 0.778. The molecule has 0 aromatic rings. The van der Waals surface area contributed by atoms with Crippen molar-refractivity contribution in [2.75, 3.05) is 13.2 Å². The van der Waals surface area contributed by atoms with Crippen LogP contribution in [0.1, 0.15) is 52.4 Å². The summed E-state index contributed by atoms with van der Waals surface area (Å²) in [5.41, 5.74) is 0. The summed E-state index contributed by atoms with van der Waals surface area (Å²) in [6.07, 6.45) is 7.41. The fourth-order valence-electron chi connectivity index (χ4n) is 2.51. The molecule has 4 atom stereocenters.